The molecule has 0 aliphatic heterocycles. The summed E-state index contributed by atoms with van der Waals surface area (Å²) in [6.45, 7) is 3.40. The second kappa shape index (κ2) is 6.60. The first kappa shape index (κ1) is 14.6. The van der Waals surface area contributed by atoms with Crippen molar-refractivity contribution < 1.29 is 14.3 Å². The summed E-state index contributed by atoms with van der Waals surface area (Å²) in [5.41, 5.74) is 1.70. The molecule has 108 valence electrons. The van der Waals surface area contributed by atoms with E-state index in [9.17, 15) is 4.79 Å². The number of Topliss-reactive ketones (excluding diaryl/α,β-unsaturated/α-hetero) is 1. The number of methoxy groups -OCH3 is 1. The average molecular weight is 274 g/mol. The molecular formula is C17H22O3. The van der Waals surface area contributed by atoms with Gasteiger partial charge in [0.25, 0.3) is 0 Å². The van der Waals surface area contributed by atoms with Crippen LogP contribution >= 0.6 is 0 Å². The molecule has 1 aromatic carbocycles. The molecule has 0 amide bonds. The lowest BCUT2D eigenvalue weighted by Gasteiger charge is -2.16. The van der Waals surface area contributed by atoms with Crippen LogP contribution in [0.15, 0.2) is 23.8 Å². The third-order valence-corrected chi connectivity index (χ3v) is 3.72. The minimum atomic E-state index is 0.0825. The van der Waals surface area contributed by atoms with Gasteiger partial charge in [0, 0.05) is 0 Å². The van der Waals surface area contributed by atoms with Crippen LogP contribution in [0.2, 0.25) is 0 Å². The summed E-state index contributed by atoms with van der Waals surface area (Å²) in [6, 6.07) is 5.78. The van der Waals surface area contributed by atoms with E-state index in [1.165, 1.54) is 12.8 Å². The van der Waals surface area contributed by atoms with E-state index in [4.69, 9.17) is 9.47 Å². The van der Waals surface area contributed by atoms with Gasteiger partial charge in [0.1, 0.15) is 0 Å². The normalized spacial score (nSPS) is 16.2. The fourth-order valence-electron chi connectivity index (χ4n) is 2.41. The van der Waals surface area contributed by atoms with Gasteiger partial charge < -0.3 is 9.47 Å². The Morgan fingerprint density at radius 1 is 1.20 bits per heavy atom. The highest BCUT2D eigenvalue weighted by Gasteiger charge is 2.18. The van der Waals surface area contributed by atoms with Crippen molar-refractivity contribution in [3.63, 3.8) is 0 Å². The summed E-state index contributed by atoms with van der Waals surface area (Å²) in [4.78, 5) is 11.3. The van der Waals surface area contributed by atoms with Crippen LogP contribution in [0.4, 0.5) is 0 Å². The van der Waals surface area contributed by atoms with Crippen LogP contribution in [0.5, 0.6) is 11.5 Å². The van der Waals surface area contributed by atoms with Gasteiger partial charge >= 0.3 is 0 Å². The van der Waals surface area contributed by atoms with E-state index in [0.717, 1.165) is 35.5 Å². The van der Waals surface area contributed by atoms with Crippen molar-refractivity contribution in [2.75, 3.05) is 7.11 Å². The lowest BCUT2D eigenvalue weighted by Crippen LogP contribution is -2.11. The molecule has 0 saturated heterocycles. The molecule has 1 aromatic rings. The van der Waals surface area contributed by atoms with Crippen LogP contribution in [0.1, 0.15) is 45.1 Å². The van der Waals surface area contributed by atoms with Gasteiger partial charge in [-0.1, -0.05) is 6.07 Å². The molecule has 20 heavy (non-hydrogen) atoms. The summed E-state index contributed by atoms with van der Waals surface area (Å²) >= 11 is 0. The van der Waals surface area contributed by atoms with E-state index < -0.39 is 0 Å². The molecule has 1 aliphatic rings. The van der Waals surface area contributed by atoms with E-state index in [1.807, 2.05) is 31.2 Å². The van der Waals surface area contributed by atoms with Crippen LogP contribution in [0.25, 0.3) is 6.08 Å². The Balaban J connectivity index is 2.23. The molecular weight excluding hydrogens is 252 g/mol. The molecule has 0 unspecified atom stereocenters. The zero-order valence-corrected chi connectivity index (χ0v) is 12.4. The summed E-state index contributed by atoms with van der Waals surface area (Å²) in [5.74, 6) is 1.60. The predicted molar refractivity (Wildman–Crippen MR) is 80.2 cm³/mol. The molecule has 3 nitrogen and oxygen atoms in total. The molecule has 0 N–H and O–H groups in total. The average Bonchev–Trinajstić information content (AvgIpc) is 2.92. The van der Waals surface area contributed by atoms with Gasteiger partial charge in [-0.05, 0) is 68.9 Å². The molecule has 0 radical (unpaired) electrons. The third-order valence-electron chi connectivity index (χ3n) is 3.72. The highest BCUT2D eigenvalue weighted by molar-refractivity contribution is 5.97. The van der Waals surface area contributed by atoms with E-state index in [-0.39, 0.29) is 11.9 Å². The topological polar surface area (TPSA) is 35.5 Å². The van der Waals surface area contributed by atoms with Gasteiger partial charge in [-0.2, -0.15) is 0 Å². The molecule has 0 atom stereocenters. The second-order valence-corrected chi connectivity index (χ2v) is 5.32. The molecule has 2 rings (SSSR count). The number of allylic oxidation sites excluding steroid dienone is 1. The highest BCUT2D eigenvalue weighted by atomic mass is 16.5. The van der Waals surface area contributed by atoms with Crippen LogP contribution in [-0.2, 0) is 4.79 Å². The lowest BCUT2D eigenvalue weighted by molar-refractivity contribution is -0.113. The Hall–Kier alpha value is -1.77. The SMILES string of the molecule is COc1ccc(/C=C(\C)C(C)=O)cc1OC1CCCC1. The summed E-state index contributed by atoms with van der Waals surface area (Å²) in [5, 5.41) is 0. The maximum absolute atomic E-state index is 11.3. The third kappa shape index (κ3) is 3.62. The number of carbonyl (C=O) groups is 1. The number of ketones is 1. The van der Waals surface area contributed by atoms with Crippen molar-refractivity contribution in [2.24, 2.45) is 0 Å². The quantitative estimate of drug-likeness (QED) is 0.761. The van der Waals surface area contributed by atoms with Gasteiger partial charge in [-0.15, -0.1) is 0 Å². The first-order chi connectivity index (χ1) is 9.60. The molecule has 0 spiro atoms. The highest BCUT2D eigenvalue weighted by Crippen LogP contribution is 2.32. The molecule has 3 heteroatoms. The van der Waals surface area contributed by atoms with Crippen molar-refractivity contribution in [2.45, 2.75) is 45.6 Å². The fourth-order valence-corrected chi connectivity index (χ4v) is 2.41. The molecule has 1 fully saturated rings. The Kier molecular flexibility index (Phi) is 4.83. The lowest BCUT2D eigenvalue weighted by atomic mass is 10.1. The van der Waals surface area contributed by atoms with Crippen molar-refractivity contribution in [3.8, 4) is 11.5 Å². The van der Waals surface area contributed by atoms with Gasteiger partial charge in [0.15, 0.2) is 17.3 Å². The summed E-state index contributed by atoms with van der Waals surface area (Å²) < 4.78 is 11.4. The molecule has 0 heterocycles. The zero-order valence-electron chi connectivity index (χ0n) is 12.4. The second-order valence-electron chi connectivity index (χ2n) is 5.32. The van der Waals surface area contributed by atoms with Gasteiger partial charge in [-0.25, -0.2) is 0 Å². The number of hydrogen-bond donors (Lipinski definition) is 0. The van der Waals surface area contributed by atoms with Crippen LogP contribution in [0, 0.1) is 0 Å². The first-order valence-corrected chi connectivity index (χ1v) is 7.14. The van der Waals surface area contributed by atoms with Crippen LogP contribution in [0.3, 0.4) is 0 Å². The van der Waals surface area contributed by atoms with Gasteiger partial charge in [0.2, 0.25) is 0 Å². The first-order valence-electron chi connectivity index (χ1n) is 7.14. The largest absolute Gasteiger partial charge is 0.493 e. The van der Waals surface area contributed by atoms with Crippen molar-refractivity contribution in [1.82, 2.24) is 0 Å². The van der Waals surface area contributed by atoms with Crippen molar-refractivity contribution in [1.29, 1.82) is 0 Å². The molecule has 0 bridgehead atoms. The molecule has 1 aliphatic carbocycles. The van der Waals surface area contributed by atoms with Gasteiger partial charge in [-0.3, -0.25) is 4.79 Å². The summed E-state index contributed by atoms with van der Waals surface area (Å²) in [7, 11) is 1.65. The summed E-state index contributed by atoms with van der Waals surface area (Å²) in [6.07, 6.45) is 6.85. The maximum atomic E-state index is 11.3. The molecule has 1 saturated carbocycles. The minimum absolute atomic E-state index is 0.0825. The van der Waals surface area contributed by atoms with E-state index in [2.05, 4.69) is 0 Å². The fraction of sp³-hybridized carbons (Fsp3) is 0.471. The van der Waals surface area contributed by atoms with Gasteiger partial charge in [0.05, 0.1) is 13.2 Å². The monoisotopic (exact) mass is 274 g/mol. The van der Waals surface area contributed by atoms with Crippen molar-refractivity contribution >= 4 is 11.9 Å². The van der Waals surface area contributed by atoms with Crippen LogP contribution < -0.4 is 9.47 Å². The number of benzene rings is 1. The van der Waals surface area contributed by atoms with Crippen LogP contribution in [-0.4, -0.2) is 19.0 Å². The van der Waals surface area contributed by atoms with E-state index in [0.29, 0.717) is 0 Å². The predicted octanol–water partition coefficient (Wildman–Crippen LogP) is 4.01. The number of hydrogen-bond acceptors (Lipinski definition) is 3. The Bertz CT molecular complexity index is 511. The Morgan fingerprint density at radius 3 is 2.50 bits per heavy atom. The maximum Gasteiger partial charge on any atom is 0.162 e. The number of rotatable bonds is 5. The van der Waals surface area contributed by atoms with E-state index >= 15 is 0 Å². The number of ether oxygens (including phenoxy) is 2. The standard InChI is InChI=1S/C17H22O3/c1-12(13(2)18)10-14-8-9-16(19-3)17(11-14)20-15-6-4-5-7-15/h8-11,15H,4-7H2,1-3H3/b12-10+. The Morgan fingerprint density at radius 2 is 1.90 bits per heavy atom. The smallest absolute Gasteiger partial charge is 0.162 e. The minimum Gasteiger partial charge on any atom is -0.493 e. The number of carbonyl (C=O) groups excluding carboxylic acids is 1. The zero-order chi connectivity index (χ0) is 14.5. The Labute approximate surface area is 120 Å². The molecule has 0 aromatic heterocycles. The van der Waals surface area contributed by atoms with Crippen molar-refractivity contribution in [3.05, 3.63) is 29.3 Å². The van der Waals surface area contributed by atoms with E-state index in [1.54, 1.807) is 14.0 Å².